The molecule has 1 aromatic rings. The monoisotopic (exact) mass is 232 g/mol. The van der Waals surface area contributed by atoms with Crippen molar-refractivity contribution in [2.45, 2.75) is 24.4 Å². The van der Waals surface area contributed by atoms with Gasteiger partial charge < -0.3 is 15.8 Å². The molecule has 0 spiro atoms. The highest BCUT2D eigenvalue weighted by Gasteiger charge is 2.38. The zero-order chi connectivity index (χ0) is 11.7. The summed E-state index contributed by atoms with van der Waals surface area (Å²) in [4.78, 5) is 0. The molecule has 4 atom stereocenters. The van der Waals surface area contributed by atoms with Crippen LogP contribution in [0.5, 0.6) is 0 Å². The van der Waals surface area contributed by atoms with Gasteiger partial charge >= 0.3 is 0 Å². The van der Waals surface area contributed by atoms with E-state index in [1.54, 1.807) is 0 Å². The molecule has 1 saturated carbocycles. The quantitative estimate of drug-likeness (QED) is 0.817. The van der Waals surface area contributed by atoms with E-state index in [0.29, 0.717) is 17.9 Å². The van der Waals surface area contributed by atoms with Crippen LogP contribution in [0.1, 0.15) is 17.9 Å². The van der Waals surface area contributed by atoms with Gasteiger partial charge in [0.15, 0.2) is 0 Å². The maximum absolute atomic E-state index is 5.97. The van der Waals surface area contributed by atoms with E-state index in [1.165, 1.54) is 12.0 Å². The fourth-order valence-corrected chi connectivity index (χ4v) is 2.62. The molecule has 1 aromatic carbocycles. The third kappa shape index (κ3) is 2.51. The van der Waals surface area contributed by atoms with Crippen LogP contribution in [0.4, 0.5) is 0 Å². The maximum atomic E-state index is 5.97. The summed E-state index contributed by atoms with van der Waals surface area (Å²) >= 11 is 0. The lowest BCUT2D eigenvalue weighted by Gasteiger charge is -2.13. The van der Waals surface area contributed by atoms with E-state index >= 15 is 0 Å². The second kappa shape index (κ2) is 4.77. The Balaban J connectivity index is 1.47. The Labute approximate surface area is 102 Å². The first-order valence-electron chi connectivity index (χ1n) is 6.46. The Morgan fingerprint density at radius 3 is 2.76 bits per heavy atom. The second-order valence-electron chi connectivity index (χ2n) is 5.23. The predicted molar refractivity (Wildman–Crippen MR) is 67.9 cm³/mol. The molecule has 4 unspecified atom stereocenters. The van der Waals surface area contributed by atoms with Gasteiger partial charge in [-0.05, 0) is 12.0 Å². The minimum Gasteiger partial charge on any atom is -0.379 e. The number of rotatable bonds is 4. The first-order chi connectivity index (χ1) is 8.34. The summed E-state index contributed by atoms with van der Waals surface area (Å²) in [7, 11) is 0. The van der Waals surface area contributed by atoms with Crippen LogP contribution < -0.4 is 11.1 Å². The molecule has 3 N–H and O–H groups in total. The molecule has 0 radical (unpaired) electrons. The van der Waals surface area contributed by atoms with Gasteiger partial charge in [0, 0.05) is 30.5 Å². The van der Waals surface area contributed by atoms with Crippen molar-refractivity contribution in [2.24, 2.45) is 11.7 Å². The van der Waals surface area contributed by atoms with E-state index in [0.717, 1.165) is 19.8 Å². The molecule has 1 aliphatic carbocycles. The van der Waals surface area contributed by atoms with Gasteiger partial charge in [0.1, 0.15) is 0 Å². The van der Waals surface area contributed by atoms with Crippen molar-refractivity contribution >= 4 is 0 Å². The first kappa shape index (κ1) is 11.2. The number of hydrogen-bond donors (Lipinski definition) is 2. The van der Waals surface area contributed by atoms with Crippen LogP contribution in [0, 0.1) is 5.92 Å². The van der Waals surface area contributed by atoms with Crippen LogP contribution in [0.15, 0.2) is 30.3 Å². The van der Waals surface area contributed by atoms with Crippen LogP contribution in [-0.2, 0) is 4.74 Å². The third-order valence-corrected chi connectivity index (χ3v) is 3.91. The molecular formula is C14H20N2O. The SMILES string of the molecule is NC1COCC1CNC1CC1c1ccccc1. The molecule has 1 saturated heterocycles. The van der Waals surface area contributed by atoms with Gasteiger partial charge in [0.25, 0.3) is 0 Å². The lowest BCUT2D eigenvalue weighted by Crippen LogP contribution is -2.37. The van der Waals surface area contributed by atoms with Gasteiger partial charge in [0.2, 0.25) is 0 Å². The number of nitrogens with one attached hydrogen (secondary N) is 1. The highest BCUT2D eigenvalue weighted by Crippen LogP contribution is 2.40. The molecule has 0 aromatic heterocycles. The minimum atomic E-state index is 0.219. The van der Waals surface area contributed by atoms with E-state index in [2.05, 4.69) is 35.6 Å². The Morgan fingerprint density at radius 2 is 2.06 bits per heavy atom. The van der Waals surface area contributed by atoms with Crippen molar-refractivity contribution in [1.82, 2.24) is 5.32 Å². The number of hydrogen-bond acceptors (Lipinski definition) is 3. The molecule has 3 heteroatoms. The molecule has 1 aliphatic heterocycles. The largest absolute Gasteiger partial charge is 0.379 e. The van der Waals surface area contributed by atoms with Gasteiger partial charge in [-0.15, -0.1) is 0 Å². The third-order valence-electron chi connectivity index (χ3n) is 3.91. The summed E-state index contributed by atoms with van der Waals surface area (Å²) in [5, 5.41) is 3.62. The highest BCUT2D eigenvalue weighted by atomic mass is 16.5. The lowest BCUT2D eigenvalue weighted by atomic mass is 10.0. The molecule has 2 aliphatic rings. The Morgan fingerprint density at radius 1 is 1.24 bits per heavy atom. The Kier molecular flexibility index (Phi) is 3.14. The molecule has 0 bridgehead atoms. The summed E-state index contributed by atoms with van der Waals surface area (Å²) in [6, 6.07) is 11.6. The van der Waals surface area contributed by atoms with Crippen LogP contribution in [0.25, 0.3) is 0 Å². The fourth-order valence-electron chi connectivity index (χ4n) is 2.62. The Hall–Kier alpha value is -0.900. The van der Waals surface area contributed by atoms with Crippen molar-refractivity contribution < 1.29 is 4.74 Å². The van der Waals surface area contributed by atoms with Crippen LogP contribution in [0.3, 0.4) is 0 Å². The predicted octanol–water partition coefficient (Wildman–Crippen LogP) is 1.11. The van der Waals surface area contributed by atoms with Crippen molar-refractivity contribution in [2.75, 3.05) is 19.8 Å². The van der Waals surface area contributed by atoms with E-state index in [-0.39, 0.29) is 6.04 Å². The fraction of sp³-hybridized carbons (Fsp3) is 0.571. The molecule has 1 heterocycles. The van der Waals surface area contributed by atoms with Gasteiger partial charge in [0.05, 0.1) is 13.2 Å². The summed E-state index contributed by atoms with van der Waals surface area (Å²) in [6.07, 6.45) is 1.26. The Bertz CT molecular complexity index is 368. The van der Waals surface area contributed by atoms with Gasteiger partial charge in [-0.1, -0.05) is 30.3 Å². The van der Waals surface area contributed by atoms with E-state index in [4.69, 9.17) is 10.5 Å². The average Bonchev–Trinajstić information content (AvgIpc) is 3.04. The molecule has 0 amide bonds. The van der Waals surface area contributed by atoms with E-state index in [9.17, 15) is 0 Å². The smallest absolute Gasteiger partial charge is 0.0621 e. The molecule has 2 fully saturated rings. The van der Waals surface area contributed by atoms with Gasteiger partial charge in [-0.2, -0.15) is 0 Å². The lowest BCUT2D eigenvalue weighted by molar-refractivity contribution is 0.183. The number of benzene rings is 1. The summed E-state index contributed by atoms with van der Waals surface area (Å²) in [5.74, 6) is 1.20. The van der Waals surface area contributed by atoms with Crippen molar-refractivity contribution in [1.29, 1.82) is 0 Å². The van der Waals surface area contributed by atoms with Crippen LogP contribution >= 0.6 is 0 Å². The van der Waals surface area contributed by atoms with Gasteiger partial charge in [-0.3, -0.25) is 0 Å². The summed E-state index contributed by atoms with van der Waals surface area (Å²) in [5.41, 5.74) is 7.42. The standard InChI is InChI=1S/C14H20N2O/c15-13-9-17-8-11(13)7-16-14-6-12(14)10-4-2-1-3-5-10/h1-5,11-14,16H,6-9,15H2. The van der Waals surface area contributed by atoms with Crippen molar-refractivity contribution in [3.05, 3.63) is 35.9 Å². The van der Waals surface area contributed by atoms with Crippen LogP contribution in [0.2, 0.25) is 0 Å². The first-order valence-corrected chi connectivity index (χ1v) is 6.46. The zero-order valence-electron chi connectivity index (χ0n) is 10.0. The highest BCUT2D eigenvalue weighted by molar-refractivity contribution is 5.27. The normalized spacial score (nSPS) is 36.1. The topological polar surface area (TPSA) is 47.3 Å². The van der Waals surface area contributed by atoms with Crippen LogP contribution in [-0.4, -0.2) is 31.8 Å². The van der Waals surface area contributed by atoms with Crippen molar-refractivity contribution in [3.63, 3.8) is 0 Å². The summed E-state index contributed by atoms with van der Waals surface area (Å²) in [6.45, 7) is 2.53. The minimum absolute atomic E-state index is 0.219. The number of nitrogens with two attached hydrogens (primary N) is 1. The summed E-state index contributed by atoms with van der Waals surface area (Å²) < 4.78 is 5.37. The van der Waals surface area contributed by atoms with E-state index in [1.807, 2.05) is 0 Å². The maximum Gasteiger partial charge on any atom is 0.0621 e. The van der Waals surface area contributed by atoms with Crippen molar-refractivity contribution in [3.8, 4) is 0 Å². The van der Waals surface area contributed by atoms with E-state index < -0.39 is 0 Å². The molecule has 92 valence electrons. The van der Waals surface area contributed by atoms with Gasteiger partial charge in [-0.25, -0.2) is 0 Å². The average molecular weight is 232 g/mol. The second-order valence-corrected chi connectivity index (χ2v) is 5.23. The molecular weight excluding hydrogens is 212 g/mol. The molecule has 17 heavy (non-hydrogen) atoms. The number of ether oxygens (including phenoxy) is 1. The molecule has 3 nitrogen and oxygen atoms in total. The zero-order valence-corrected chi connectivity index (χ0v) is 10.0. The molecule has 3 rings (SSSR count).